The number of carbonyl (C=O) groups is 1. The first kappa shape index (κ1) is 19.6. The summed E-state index contributed by atoms with van der Waals surface area (Å²) in [6.45, 7) is 6.86. The highest BCUT2D eigenvalue weighted by Gasteiger charge is 2.23. The van der Waals surface area contributed by atoms with Crippen LogP contribution in [0.15, 0.2) is 23.6 Å². The number of methoxy groups -OCH3 is 2. The number of aromatic nitrogens is 1. The molecule has 1 amide bonds. The van der Waals surface area contributed by atoms with E-state index in [0.29, 0.717) is 29.3 Å². The predicted molar refractivity (Wildman–Crippen MR) is 109 cm³/mol. The third kappa shape index (κ3) is 4.99. The zero-order chi connectivity index (χ0) is 19.4. The lowest BCUT2D eigenvalue weighted by Gasteiger charge is -2.34. The fourth-order valence-electron chi connectivity index (χ4n) is 3.75. The van der Waals surface area contributed by atoms with Gasteiger partial charge in [-0.05, 0) is 30.4 Å². The lowest BCUT2D eigenvalue weighted by molar-refractivity contribution is -0.117. The van der Waals surface area contributed by atoms with Gasteiger partial charge in [0.25, 0.3) is 0 Å². The highest BCUT2D eigenvalue weighted by Crippen LogP contribution is 2.34. The maximum absolute atomic E-state index is 12.4. The summed E-state index contributed by atoms with van der Waals surface area (Å²) in [6, 6.07) is 5.61. The number of hydrogen-bond donors (Lipinski definition) is 1. The third-order valence-corrected chi connectivity index (χ3v) is 5.50. The van der Waals surface area contributed by atoms with E-state index in [9.17, 15) is 4.79 Å². The summed E-state index contributed by atoms with van der Waals surface area (Å²) in [7, 11) is 3.24. The highest BCUT2D eigenvalue weighted by atomic mass is 32.1. The number of hydrogen-bond acceptors (Lipinski definition) is 6. The van der Waals surface area contributed by atoms with Crippen molar-refractivity contribution in [3.05, 3.63) is 23.6 Å². The van der Waals surface area contributed by atoms with Gasteiger partial charge in [0, 0.05) is 30.1 Å². The number of anilines is 1. The molecule has 27 heavy (non-hydrogen) atoms. The van der Waals surface area contributed by atoms with Crippen molar-refractivity contribution in [2.75, 3.05) is 39.2 Å². The van der Waals surface area contributed by atoms with Gasteiger partial charge >= 0.3 is 0 Å². The van der Waals surface area contributed by atoms with E-state index in [0.717, 1.165) is 30.1 Å². The van der Waals surface area contributed by atoms with Crippen molar-refractivity contribution in [2.24, 2.45) is 11.8 Å². The molecule has 1 aliphatic heterocycles. The Morgan fingerprint density at radius 2 is 2.00 bits per heavy atom. The lowest BCUT2D eigenvalue weighted by atomic mass is 9.92. The van der Waals surface area contributed by atoms with Crippen molar-refractivity contribution in [1.29, 1.82) is 0 Å². The Kier molecular flexibility index (Phi) is 6.34. The van der Waals surface area contributed by atoms with Crippen molar-refractivity contribution in [3.8, 4) is 22.8 Å². The second-order valence-electron chi connectivity index (χ2n) is 7.29. The summed E-state index contributed by atoms with van der Waals surface area (Å²) in [5.41, 5.74) is 1.64. The normalized spacial score (nSPS) is 20.3. The van der Waals surface area contributed by atoms with Gasteiger partial charge in [0.15, 0.2) is 5.13 Å². The minimum Gasteiger partial charge on any atom is -0.497 e. The van der Waals surface area contributed by atoms with Crippen LogP contribution in [-0.4, -0.2) is 49.6 Å². The summed E-state index contributed by atoms with van der Waals surface area (Å²) in [4.78, 5) is 19.2. The summed E-state index contributed by atoms with van der Waals surface area (Å²) in [5.74, 6) is 2.67. The van der Waals surface area contributed by atoms with Crippen LogP contribution < -0.4 is 14.8 Å². The maximum atomic E-state index is 12.4. The third-order valence-electron chi connectivity index (χ3n) is 4.75. The highest BCUT2D eigenvalue weighted by molar-refractivity contribution is 7.14. The van der Waals surface area contributed by atoms with Crippen molar-refractivity contribution in [1.82, 2.24) is 9.88 Å². The van der Waals surface area contributed by atoms with E-state index in [1.54, 1.807) is 14.2 Å². The van der Waals surface area contributed by atoms with Crippen molar-refractivity contribution < 1.29 is 14.3 Å². The minimum atomic E-state index is -0.0149. The number of rotatable bonds is 6. The molecule has 0 bridgehead atoms. The Labute approximate surface area is 164 Å². The van der Waals surface area contributed by atoms with Gasteiger partial charge in [0.2, 0.25) is 5.91 Å². The van der Waals surface area contributed by atoms with Crippen molar-refractivity contribution >= 4 is 22.4 Å². The zero-order valence-corrected chi connectivity index (χ0v) is 17.1. The number of nitrogens with zero attached hydrogens (tertiary/aromatic N) is 2. The van der Waals surface area contributed by atoms with E-state index < -0.39 is 0 Å². The molecular weight excluding hydrogens is 362 g/mol. The average molecular weight is 390 g/mol. The molecule has 3 rings (SSSR count). The van der Waals surface area contributed by atoms with E-state index in [4.69, 9.17) is 9.47 Å². The minimum absolute atomic E-state index is 0.0149. The fraction of sp³-hybridized carbons (Fsp3) is 0.500. The van der Waals surface area contributed by atoms with Crippen LogP contribution in [0.2, 0.25) is 0 Å². The Hall–Kier alpha value is -2.12. The summed E-state index contributed by atoms with van der Waals surface area (Å²) in [6.07, 6.45) is 1.23. The predicted octanol–water partition coefficient (Wildman–Crippen LogP) is 3.74. The molecule has 1 aromatic carbocycles. The van der Waals surface area contributed by atoms with E-state index in [-0.39, 0.29) is 5.91 Å². The number of amides is 1. The number of ether oxygens (including phenoxy) is 2. The molecule has 1 aliphatic rings. The van der Waals surface area contributed by atoms with E-state index >= 15 is 0 Å². The molecule has 6 nitrogen and oxygen atoms in total. The van der Waals surface area contributed by atoms with Crippen molar-refractivity contribution in [3.63, 3.8) is 0 Å². The molecule has 0 spiro atoms. The standard InChI is InChI=1S/C20H27N3O3S/c1-13-7-14(2)10-23(9-13)11-19(24)22-20-21-17(12-27-20)16-6-5-15(25-3)8-18(16)26-4/h5-6,8,12-14H,7,9-11H2,1-4H3,(H,21,22,24)/t13-,14+. The molecule has 2 heterocycles. The SMILES string of the molecule is COc1ccc(-c2csc(NC(=O)CN3C[C@H](C)C[C@H](C)C3)n2)c(OC)c1. The van der Waals surface area contributed by atoms with Gasteiger partial charge in [0.05, 0.1) is 26.5 Å². The molecule has 146 valence electrons. The summed E-state index contributed by atoms with van der Waals surface area (Å²) in [5, 5.41) is 5.45. The zero-order valence-electron chi connectivity index (χ0n) is 16.3. The Balaban J connectivity index is 1.65. The van der Waals surface area contributed by atoms with Gasteiger partial charge in [-0.2, -0.15) is 0 Å². The molecule has 0 aliphatic carbocycles. The molecule has 2 aromatic rings. The van der Waals surface area contributed by atoms with Crippen LogP contribution in [0.3, 0.4) is 0 Å². The van der Waals surface area contributed by atoms with Crippen LogP contribution in [-0.2, 0) is 4.79 Å². The van der Waals surface area contributed by atoms with Gasteiger partial charge in [-0.3, -0.25) is 9.69 Å². The number of thiazole rings is 1. The molecule has 0 unspecified atom stereocenters. The Morgan fingerprint density at radius 1 is 1.26 bits per heavy atom. The van der Waals surface area contributed by atoms with Gasteiger partial charge in [-0.1, -0.05) is 13.8 Å². The second-order valence-corrected chi connectivity index (χ2v) is 8.15. The quantitative estimate of drug-likeness (QED) is 0.815. The molecule has 0 saturated carbocycles. The number of carbonyl (C=O) groups excluding carboxylic acids is 1. The van der Waals surface area contributed by atoms with Crippen molar-refractivity contribution in [2.45, 2.75) is 20.3 Å². The molecular formula is C20H27N3O3S. The number of nitrogens with one attached hydrogen (secondary N) is 1. The monoisotopic (exact) mass is 389 g/mol. The summed E-state index contributed by atoms with van der Waals surface area (Å²) >= 11 is 1.42. The molecule has 1 N–H and O–H groups in total. The fourth-order valence-corrected chi connectivity index (χ4v) is 4.47. The first-order valence-electron chi connectivity index (χ1n) is 9.18. The van der Waals surface area contributed by atoms with Gasteiger partial charge in [0.1, 0.15) is 11.5 Å². The molecule has 2 atom stereocenters. The first-order chi connectivity index (χ1) is 13.0. The Bertz CT molecular complexity index is 783. The van der Waals surface area contributed by atoms with Crippen LogP contribution in [0.5, 0.6) is 11.5 Å². The van der Waals surface area contributed by atoms with E-state index in [2.05, 4.69) is 29.0 Å². The van der Waals surface area contributed by atoms with Gasteiger partial charge < -0.3 is 14.8 Å². The van der Waals surface area contributed by atoms with Crippen LogP contribution >= 0.6 is 11.3 Å². The topological polar surface area (TPSA) is 63.7 Å². The van der Waals surface area contributed by atoms with E-state index in [1.807, 2.05) is 23.6 Å². The smallest absolute Gasteiger partial charge is 0.240 e. The molecule has 1 saturated heterocycles. The lowest BCUT2D eigenvalue weighted by Crippen LogP contribution is -2.42. The van der Waals surface area contributed by atoms with Crippen LogP contribution in [0.25, 0.3) is 11.3 Å². The molecule has 0 radical (unpaired) electrons. The molecule has 1 aromatic heterocycles. The second kappa shape index (κ2) is 8.71. The van der Waals surface area contributed by atoms with Crippen LogP contribution in [0, 0.1) is 11.8 Å². The summed E-state index contributed by atoms with van der Waals surface area (Å²) < 4.78 is 10.7. The van der Waals surface area contributed by atoms with Crippen LogP contribution in [0.4, 0.5) is 5.13 Å². The molecule has 1 fully saturated rings. The van der Waals surface area contributed by atoms with Crippen LogP contribution in [0.1, 0.15) is 20.3 Å². The maximum Gasteiger partial charge on any atom is 0.240 e. The average Bonchev–Trinajstić information content (AvgIpc) is 3.08. The molecule has 7 heteroatoms. The Morgan fingerprint density at radius 3 is 2.67 bits per heavy atom. The number of benzene rings is 1. The number of likely N-dealkylation sites (tertiary alicyclic amines) is 1. The van der Waals surface area contributed by atoms with Gasteiger partial charge in [-0.15, -0.1) is 11.3 Å². The first-order valence-corrected chi connectivity index (χ1v) is 10.1. The van der Waals surface area contributed by atoms with E-state index in [1.165, 1.54) is 17.8 Å². The largest absolute Gasteiger partial charge is 0.497 e. The number of piperidine rings is 1. The van der Waals surface area contributed by atoms with Gasteiger partial charge in [-0.25, -0.2) is 4.98 Å².